The Morgan fingerprint density at radius 3 is 2.43 bits per heavy atom. The van der Waals surface area contributed by atoms with Crippen molar-refractivity contribution in [3.8, 4) is 0 Å². The summed E-state index contributed by atoms with van der Waals surface area (Å²) in [5, 5.41) is 21.9. The van der Waals surface area contributed by atoms with Crippen LogP contribution in [0.3, 0.4) is 0 Å². The molecular formula is C18H13N5O7. The molecule has 1 saturated heterocycles. The first-order valence-corrected chi connectivity index (χ1v) is 8.74. The minimum Gasteiger partial charge on any atom is -0.354 e. The first-order valence-electron chi connectivity index (χ1n) is 8.74. The highest BCUT2D eigenvalue weighted by molar-refractivity contribution is 6.01. The molecule has 0 bridgehead atoms. The van der Waals surface area contributed by atoms with Crippen LogP contribution in [0.15, 0.2) is 41.0 Å². The highest BCUT2D eigenvalue weighted by Crippen LogP contribution is 2.30. The number of amides is 2. The topological polar surface area (TPSA) is 158 Å². The van der Waals surface area contributed by atoms with Crippen molar-refractivity contribution >= 4 is 45.9 Å². The molecule has 0 saturated carbocycles. The average molecular weight is 411 g/mol. The van der Waals surface area contributed by atoms with Crippen LogP contribution in [0, 0.1) is 10.1 Å². The number of benzene rings is 2. The van der Waals surface area contributed by atoms with Crippen molar-refractivity contribution in [1.82, 2.24) is 15.4 Å². The first kappa shape index (κ1) is 19.0. The molecule has 1 aliphatic rings. The number of aromatic nitrogens is 2. The predicted molar refractivity (Wildman–Crippen MR) is 99.1 cm³/mol. The Morgan fingerprint density at radius 1 is 1.10 bits per heavy atom. The van der Waals surface area contributed by atoms with Gasteiger partial charge in [0.2, 0.25) is 5.52 Å². The van der Waals surface area contributed by atoms with Crippen LogP contribution in [0.1, 0.15) is 18.4 Å². The summed E-state index contributed by atoms with van der Waals surface area (Å²) in [5.41, 5.74) is 1.68. The van der Waals surface area contributed by atoms with Crippen LogP contribution >= 0.6 is 0 Å². The molecule has 12 nitrogen and oxygen atoms in total. The molecule has 2 aromatic carbocycles. The molecule has 12 heteroatoms. The van der Waals surface area contributed by atoms with E-state index in [1.54, 1.807) is 24.3 Å². The zero-order valence-corrected chi connectivity index (χ0v) is 15.2. The molecular weight excluding hydrogens is 398 g/mol. The van der Waals surface area contributed by atoms with Crippen molar-refractivity contribution in [2.24, 2.45) is 0 Å². The fraction of sp³-hybridized carbons (Fsp3) is 0.167. The van der Waals surface area contributed by atoms with Gasteiger partial charge >= 0.3 is 11.7 Å². The van der Waals surface area contributed by atoms with E-state index < -0.39 is 22.7 Å². The summed E-state index contributed by atoms with van der Waals surface area (Å²) >= 11 is 0. The number of nitrogens with one attached hydrogen (secondary N) is 1. The van der Waals surface area contributed by atoms with E-state index >= 15 is 0 Å². The first-order chi connectivity index (χ1) is 14.4. The lowest BCUT2D eigenvalue weighted by molar-refractivity contribution is -0.383. The van der Waals surface area contributed by atoms with Crippen molar-refractivity contribution in [3.05, 3.63) is 52.1 Å². The van der Waals surface area contributed by atoms with E-state index in [9.17, 15) is 24.5 Å². The number of hydroxylamine groups is 2. The number of hydrogen-bond donors (Lipinski definition) is 1. The lowest BCUT2D eigenvalue weighted by Gasteiger charge is -2.12. The number of hydrogen-bond acceptors (Lipinski definition) is 10. The Morgan fingerprint density at radius 2 is 1.77 bits per heavy atom. The summed E-state index contributed by atoms with van der Waals surface area (Å²) < 4.78 is 4.62. The van der Waals surface area contributed by atoms with Gasteiger partial charge in [-0.1, -0.05) is 12.1 Å². The lowest BCUT2D eigenvalue weighted by atomic mass is 10.1. The number of carbonyl (C=O) groups excluding carboxylic acids is 3. The Bertz CT molecular complexity index is 1160. The van der Waals surface area contributed by atoms with Crippen molar-refractivity contribution in [2.75, 3.05) is 5.32 Å². The van der Waals surface area contributed by atoms with E-state index in [0.717, 1.165) is 0 Å². The minimum absolute atomic E-state index is 0.0235. The van der Waals surface area contributed by atoms with Gasteiger partial charge in [-0.15, -0.1) is 5.06 Å². The summed E-state index contributed by atoms with van der Waals surface area (Å²) in [5.74, 6) is -1.81. The maximum atomic E-state index is 12.0. The monoisotopic (exact) mass is 411 g/mol. The van der Waals surface area contributed by atoms with Gasteiger partial charge in [0.25, 0.3) is 11.8 Å². The van der Waals surface area contributed by atoms with Gasteiger partial charge in [0, 0.05) is 24.6 Å². The van der Waals surface area contributed by atoms with Gasteiger partial charge in [0.1, 0.15) is 0 Å². The normalized spacial score (nSPS) is 13.7. The number of rotatable bonds is 6. The molecule has 2 heterocycles. The molecule has 0 unspecified atom stereocenters. The molecule has 152 valence electrons. The Balaban J connectivity index is 1.44. The molecule has 30 heavy (non-hydrogen) atoms. The quantitative estimate of drug-likeness (QED) is 0.361. The number of nitro groups is 1. The smallest absolute Gasteiger partial charge is 0.337 e. The number of imide groups is 1. The predicted octanol–water partition coefficient (Wildman–Crippen LogP) is 2.02. The van der Waals surface area contributed by atoms with Crippen LogP contribution in [-0.4, -0.2) is 38.1 Å². The van der Waals surface area contributed by atoms with Crippen molar-refractivity contribution in [1.29, 1.82) is 0 Å². The third-order valence-corrected chi connectivity index (χ3v) is 4.37. The molecule has 4 rings (SSSR count). The Kier molecular flexibility index (Phi) is 4.80. The molecule has 1 N–H and O–H groups in total. The van der Waals surface area contributed by atoms with Gasteiger partial charge in [-0.3, -0.25) is 19.7 Å². The summed E-state index contributed by atoms with van der Waals surface area (Å²) in [7, 11) is 0. The Labute approximate surface area is 167 Å². The summed E-state index contributed by atoms with van der Waals surface area (Å²) in [6, 6.07) is 9.44. The molecule has 0 aliphatic carbocycles. The molecule has 1 fully saturated rings. The van der Waals surface area contributed by atoms with Gasteiger partial charge in [-0.25, -0.2) is 9.42 Å². The average Bonchev–Trinajstić information content (AvgIpc) is 3.32. The van der Waals surface area contributed by atoms with Crippen molar-refractivity contribution < 1.29 is 28.8 Å². The van der Waals surface area contributed by atoms with E-state index in [2.05, 4.69) is 20.3 Å². The van der Waals surface area contributed by atoms with Gasteiger partial charge in [0.15, 0.2) is 5.52 Å². The maximum absolute atomic E-state index is 12.0. The van der Waals surface area contributed by atoms with Gasteiger partial charge < -0.3 is 10.2 Å². The second-order valence-electron chi connectivity index (χ2n) is 6.39. The van der Waals surface area contributed by atoms with E-state index in [1.807, 2.05) is 0 Å². The fourth-order valence-corrected chi connectivity index (χ4v) is 2.92. The van der Waals surface area contributed by atoms with Crippen molar-refractivity contribution in [2.45, 2.75) is 19.3 Å². The minimum atomic E-state index is -0.731. The Hall–Kier alpha value is -4.35. The van der Waals surface area contributed by atoms with E-state index in [0.29, 0.717) is 22.0 Å². The molecule has 1 aliphatic heterocycles. The van der Waals surface area contributed by atoms with Crippen LogP contribution in [0.5, 0.6) is 0 Å². The van der Waals surface area contributed by atoms with Crippen molar-refractivity contribution in [3.63, 3.8) is 0 Å². The molecule has 0 radical (unpaired) electrons. The number of carbonyl (C=O) groups is 3. The number of anilines is 2. The van der Waals surface area contributed by atoms with Crippen LogP contribution in [-0.2, 0) is 25.6 Å². The summed E-state index contributed by atoms with van der Waals surface area (Å²) in [6.45, 7) is 0. The zero-order valence-electron chi connectivity index (χ0n) is 15.2. The van der Waals surface area contributed by atoms with E-state index in [1.165, 1.54) is 12.1 Å². The standard InChI is InChI=1S/C18H13N5O7/c24-14-7-8-15(25)22(14)29-16(26)9-10-1-3-11(4-2-10)19-12-5-6-13(23(27)28)18-17(12)20-30-21-18/h1-6,19H,7-9H2. The van der Waals surface area contributed by atoms with E-state index in [-0.39, 0.29) is 36.0 Å². The number of nitro benzene ring substituents is 1. The molecule has 2 amide bonds. The summed E-state index contributed by atoms with van der Waals surface area (Å²) in [4.78, 5) is 50.3. The second-order valence-corrected chi connectivity index (χ2v) is 6.39. The largest absolute Gasteiger partial charge is 0.354 e. The molecule has 3 aromatic rings. The number of fused-ring (bicyclic) bond motifs is 1. The van der Waals surface area contributed by atoms with Crippen LogP contribution in [0.25, 0.3) is 11.0 Å². The number of nitrogens with zero attached hydrogens (tertiary/aromatic N) is 4. The maximum Gasteiger partial charge on any atom is 0.337 e. The van der Waals surface area contributed by atoms with Crippen LogP contribution in [0.2, 0.25) is 0 Å². The highest BCUT2D eigenvalue weighted by atomic mass is 16.7. The van der Waals surface area contributed by atoms with Gasteiger partial charge in [-0.05, 0) is 34.1 Å². The third kappa shape index (κ3) is 3.65. The highest BCUT2D eigenvalue weighted by Gasteiger charge is 2.32. The van der Waals surface area contributed by atoms with Gasteiger partial charge in [-0.2, -0.15) is 0 Å². The molecule has 1 aromatic heterocycles. The molecule has 0 atom stereocenters. The second kappa shape index (κ2) is 7.58. The van der Waals surface area contributed by atoms with Gasteiger partial charge in [0.05, 0.1) is 17.0 Å². The fourth-order valence-electron chi connectivity index (χ4n) is 2.92. The van der Waals surface area contributed by atoms with Crippen LogP contribution in [0.4, 0.5) is 17.1 Å². The lowest BCUT2D eigenvalue weighted by Crippen LogP contribution is -2.32. The summed E-state index contributed by atoms with van der Waals surface area (Å²) in [6.07, 6.45) is -0.0703. The molecule has 0 spiro atoms. The number of non-ortho nitro benzene ring substituents is 1. The third-order valence-electron chi connectivity index (χ3n) is 4.37. The van der Waals surface area contributed by atoms with E-state index in [4.69, 9.17) is 4.84 Å². The SMILES string of the molecule is O=C(Cc1ccc(Nc2ccc([N+](=O)[O-])c3nonc23)cc1)ON1C(=O)CCC1=O. The zero-order chi connectivity index (χ0) is 21.3. The van der Waals surface area contributed by atoms with Crippen LogP contribution < -0.4 is 5.32 Å².